The fourth-order valence-electron chi connectivity index (χ4n) is 2.80. The Morgan fingerprint density at radius 1 is 1.38 bits per heavy atom. The molecule has 2 saturated carbocycles. The van der Waals surface area contributed by atoms with Gasteiger partial charge >= 0.3 is 0 Å². The summed E-state index contributed by atoms with van der Waals surface area (Å²) in [6.07, 6.45) is 4.45. The highest BCUT2D eigenvalue weighted by Gasteiger charge is 2.53. The van der Waals surface area contributed by atoms with Gasteiger partial charge in [0, 0.05) is 12.1 Å². The standard InChI is InChI=1S/C14H17ClFNO3S/c15-13-9(7-18)5-11(6-12(13)16)21(19,20)17-8-14(3-4-14)10-1-2-10/h5-6,10,17-18H,1-4,7-8H2. The summed E-state index contributed by atoms with van der Waals surface area (Å²) in [6, 6.07) is 2.10. The van der Waals surface area contributed by atoms with Gasteiger partial charge in [0.2, 0.25) is 10.0 Å². The Morgan fingerprint density at radius 3 is 2.57 bits per heavy atom. The molecule has 2 aliphatic rings. The third-order valence-corrected chi connectivity index (χ3v) is 6.31. The van der Waals surface area contributed by atoms with Crippen molar-refractivity contribution in [3.05, 3.63) is 28.5 Å². The zero-order valence-electron chi connectivity index (χ0n) is 11.4. The van der Waals surface area contributed by atoms with Gasteiger partial charge < -0.3 is 5.11 Å². The molecule has 0 amide bonds. The van der Waals surface area contributed by atoms with Gasteiger partial charge in [0.15, 0.2) is 0 Å². The first-order valence-corrected chi connectivity index (χ1v) is 8.82. The van der Waals surface area contributed by atoms with Gasteiger partial charge in [-0.1, -0.05) is 11.6 Å². The smallest absolute Gasteiger partial charge is 0.240 e. The second-order valence-electron chi connectivity index (χ2n) is 6.00. The van der Waals surface area contributed by atoms with Crippen molar-refractivity contribution >= 4 is 21.6 Å². The first-order chi connectivity index (χ1) is 9.88. The molecule has 21 heavy (non-hydrogen) atoms. The number of nitrogens with one attached hydrogen (secondary N) is 1. The van der Waals surface area contributed by atoms with E-state index in [4.69, 9.17) is 16.7 Å². The summed E-state index contributed by atoms with van der Waals surface area (Å²) in [5.74, 6) is -0.206. The lowest BCUT2D eigenvalue weighted by Gasteiger charge is -2.16. The monoisotopic (exact) mass is 333 g/mol. The van der Waals surface area contributed by atoms with Gasteiger partial charge in [-0.15, -0.1) is 0 Å². The van der Waals surface area contributed by atoms with E-state index >= 15 is 0 Å². The molecule has 2 aliphatic carbocycles. The lowest BCUT2D eigenvalue weighted by Crippen LogP contribution is -2.31. The molecule has 116 valence electrons. The van der Waals surface area contributed by atoms with E-state index in [9.17, 15) is 12.8 Å². The van der Waals surface area contributed by atoms with Crippen LogP contribution in [0.2, 0.25) is 5.02 Å². The topological polar surface area (TPSA) is 66.4 Å². The van der Waals surface area contributed by atoms with Gasteiger partial charge in [-0.25, -0.2) is 17.5 Å². The average molecular weight is 334 g/mol. The normalized spacial score (nSPS) is 20.5. The van der Waals surface area contributed by atoms with E-state index in [1.165, 1.54) is 18.9 Å². The quantitative estimate of drug-likeness (QED) is 0.840. The summed E-state index contributed by atoms with van der Waals surface area (Å²) in [6.45, 7) is -0.107. The largest absolute Gasteiger partial charge is 0.392 e. The van der Waals surface area contributed by atoms with E-state index < -0.39 is 22.4 Å². The maximum Gasteiger partial charge on any atom is 0.240 e. The van der Waals surface area contributed by atoms with Crippen molar-refractivity contribution in [3.8, 4) is 0 Å². The van der Waals surface area contributed by atoms with Gasteiger partial charge in [0.1, 0.15) is 5.82 Å². The molecule has 0 spiro atoms. The van der Waals surface area contributed by atoms with Crippen molar-refractivity contribution in [2.45, 2.75) is 37.2 Å². The number of rotatable bonds is 6. The molecule has 1 aromatic carbocycles. The highest BCUT2D eigenvalue weighted by atomic mass is 35.5. The van der Waals surface area contributed by atoms with Gasteiger partial charge in [-0.3, -0.25) is 0 Å². The molecule has 0 atom stereocenters. The number of aliphatic hydroxyl groups excluding tert-OH is 1. The van der Waals surface area contributed by atoms with E-state index in [0.717, 1.165) is 18.9 Å². The van der Waals surface area contributed by atoms with Gasteiger partial charge in [0.25, 0.3) is 0 Å². The predicted molar refractivity (Wildman–Crippen MR) is 76.9 cm³/mol. The Labute approximate surface area is 128 Å². The summed E-state index contributed by atoms with van der Waals surface area (Å²) in [5, 5.41) is 8.87. The van der Waals surface area contributed by atoms with Crippen molar-refractivity contribution in [2.24, 2.45) is 11.3 Å². The van der Waals surface area contributed by atoms with Crippen LogP contribution >= 0.6 is 11.6 Å². The fraction of sp³-hybridized carbons (Fsp3) is 0.571. The molecule has 0 unspecified atom stereocenters. The minimum atomic E-state index is -3.79. The van der Waals surface area contributed by atoms with E-state index in [1.54, 1.807) is 0 Å². The van der Waals surface area contributed by atoms with Crippen LogP contribution in [0.3, 0.4) is 0 Å². The molecule has 3 rings (SSSR count). The number of halogens is 2. The third-order valence-electron chi connectivity index (χ3n) is 4.51. The Kier molecular flexibility index (Phi) is 3.76. The first kappa shape index (κ1) is 15.2. The molecule has 2 fully saturated rings. The average Bonchev–Trinajstić information content (AvgIpc) is 3.31. The van der Waals surface area contributed by atoms with Gasteiger partial charge in [-0.05, 0) is 49.1 Å². The second kappa shape index (κ2) is 5.19. The summed E-state index contributed by atoms with van der Waals surface area (Å²) in [4.78, 5) is -0.194. The van der Waals surface area contributed by atoms with Crippen molar-refractivity contribution in [1.82, 2.24) is 4.72 Å². The van der Waals surface area contributed by atoms with Crippen molar-refractivity contribution < 1.29 is 17.9 Å². The molecule has 4 nitrogen and oxygen atoms in total. The Balaban J connectivity index is 1.79. The van der Waals surface area contributed by atoms with Crippen molar-refractivity contribution in [1.29, 1.82) is 0 Å². The summed E-state index contributed by atoms with van der Waals surface area (Å²) in [5.41, 5.74) is 0.193. The van der Waals surface area contributed by atoms with Gasteiger partial charge in [0.05, 0.1) is 16.5 Å². The SMILES string of the molecule is O=S(=O)(NCC1(C2CC2)CC1)c1cc(F)c(Cl)c(CO)c1. The molecular formula is C14H17ClFNO3S. The number of sulfonamides is 1. The van der Waals surface area contributed by atoms with E-state index in [-0.39, 0.29) is 20.9 Å². The summed E-state index contributed by atoms with van der Waals surface area (Å²) >= 11 is 5.67. The summed E-state index contributed by atoms with van der Waals surface area (Å²) in [7, 11) is -3.79. The first-order valence-electron chi connectivity index (χ1n) is 6.96. The Morgan fingerprint density at radius 2 is 2.05 bits per heavy atom. The highest BCUT2D eigenvalue weighted by Crippen LogP contribution is 2.60. The Hall–Kier alpha value is -0.690. The van der Waals surface area contributed by atoms with Crippen LogP contribution in [0, 0.1) is 17.2 Å². The zero-order valence-corrected chi connectivity index (χ0v) is 13.0. The van der Waals surface area contributed by atoms with Crippen LogP contribution in [-0.4, -0.2) is 20.1 Å². The molecule has 0 aromatic heterocycles. The van der Waals surface area contributed by atoms with Crippen LogP contribution in [-0.2, 0) is 16.6 Å². The number of aliphatic hydroxyl groups is 1. The van der Waals surface area contributed by atoms with Gasteiger partial charge in [-0.2, -0.15) is 0 Å². The van der Waals surface area contributed by atoms with Crippen LogP contribution in [0.15, 0.2) is 17.0 Å². The molecule has 1 aromatic rings. The molecule has 0 radical (unpaired) electrons. The molecule has 0 bridgehead atoms. The third kappa shape index (κ3) is 2.95. The minimum Gasteiger partial charge on any atom is -0.392 e. The zero-order chi connectivity index (χ0) is 15.3. The summed E-state index contributed by atoms with van der Waals surface area (Å²) < 4.78 is 40.8. The van der Waals surface area contributed by atoms with E-state index in [2.05, 4.69) is 4.72 Å². The van der Waals surface area contributed by atoms with E-state index in [0.29, 0.717) is 12.5 Å². The number of benzene rings is 1. The lowest BCUT2D eigenvalue weighted by molar-refractivity contribution is 0.281. The van der Waals surface area contributed by atoms with Crippen LogP contribution in [0.1, 0.15) is 31.2 Å². The van der Waals surface area contributed by atoms with Crippen LogP contribution in [0.4, 0.5) is 4.39 Å². The maximum absolute atomic E-state index is 13.6. The molecule has 0 heterocycles. The molecular weight excluding hydrogens is 317 g/mol. The number of hydrogen-bond acceptors (Lipinski definition) is 3. The predicted octanol–water partition coefficient (Wildman–Crippen LogP) is 2.44. The van der Waals surface area contributed by atoms with Crippen molar-refractivity contribution in [2.75, 3.05) is 6.54 Å². The fourth-order valence-corrected chi connectivity index (χ4v) is 4.17. The van der Waals surface area contributed by atoms with Crippen LogP contribution < -0.4 is 4.72 Å². The molecule has 0 saturated heterocycles. The second-order valence-corrected chi connectivity index (χ2v) is 8.14. The molecule has 2 N–H and O–H groups in total. The highest BCUT2D eigenvalue weighted by molar-refractivity contribution is 7.89. The minimum absolute atomic E-state index is 0.0698. The number of hydrogen-bond donors (Lipinski definition) is 2. The van der Waals surface area contributed by atoms with Crippen LogP contribution in [0.5, 0.6) is 0 Å². The lowest BCUT2D eigenvalue weighted by atomic mass is 10.0. The van der Waals surface area contributed by atoms with Crippen molar-refractivity contribution in [3.63, 3.8) is 0 Å². The molecule has 7 heteroatoms. The Bertz CT molecular complexity index is 669. The molecule has 0 aliphatic heterocycles. The van der Waals surface area contributed by atoms with Crippen LogP contribution in [0.25, 0.3) is 0 Å². The maximum atomic E-state index is 13.6. The van der Waals surface area contributed by atoms with E-state index in [1.807, 2.05) is 0 Å².